The van der Waals surface area contributed by atoms with Crippen molar-refractivity contribution in [3.8, 4) is 5.75 Å². The van der Waals surface area contributed by atoms with Gasteiger partial charge < -0.3 is 4.74 Å². The summed E-state index contributed by atoms with van der Waals surface area (Å²) in [6.45, 7) is 6.71. The molecule has 0 unspecified atom stereocenters. The second-order valence-electron chi connectivity index (χ2n) is 8.60. The molecule has 1 aromatic heterocycles. The molecule has 2 aromatic carbocycles. The zero-order chi connectivity index (χ0) is 22.9. The lowest BCUT2D eigenvalue weighted by Gasteiger charge is -2.28. The van der Waals surface area contributed by atoms with Crippen LogP contribution in [-0.2, 0) is 23.1 Å². The number of hydrogen-bond donors (Lipinski definition) is 0. The molecule has 9 heteroatoms. The Morgan fingerprint density at radius 3 is 2.62 bits per heavy atom. The maximum Gasteiger partial charge on any atom is 0.250 e. The molecule has 2 heterocycles. The second-order valence-corrected chi connectivity index (χ2v) is 10.4. The molecule has 0 amide bonds. The molecule has 1 aliphatic rings. The highest BCUT2D eigenvalue weighted by atomic mass is 32.2. The molecule has 0 saturated heterocycles. The summed E-state index contributed by atoms with van der Waals surface area (Å²) in [6, 6.07) is 11.7. The van der Waals surface area contributed by atoms with Gasteiger partial charge in [0, 0.05) is 0 Å². The zero-order valence-electron chi connectivity index (χ0n) is 18.4. The van der Waals surface area contributed by atoms with Crippen LogP contribution in [0.5, 0.6) is 5.75 Å². The minimum absolute atomic E-state index is 0.00917. The smallest absolute Gasteiger partial charge is 0.250 e. The van der Waals surface area contributed by atoms with E-state index in [0.29, 0.717) is 18.7 Å². The van der Waals surface area contributed by atoms with E-state index in [1.54, 1.807) is 10.9 Å². The van der Waals surface area contributed by atoms with Gasteiger partial charge in [-0.1, -0.05) is 55.0 Å². The van der Waals surface area contributed by atoms with Gasteiger partial charge in [-0.3, -0.25) is 0 Å². The van der Waals surface area contributed by atoms with Crippen LogP contribution in [0.2, 0.25) is 0 Å². The summed E-state index contributed by atoms with van der Waals surface area (Å²) in [4.78, 5) is -0.418. The third-order valence-corrected chi connectivity index (χ3v) is 7.41. The van der Waals surface area contributed by atoms with E-state index in [9.17, 15) is 12.8 Å². The SMILES string of the molecule is Cc1ccc(Cn2cc(CN3[C@@H](CC(C)C)COc4cccc(F)c4S3(=O)=O)nn2)cc1. The fourth-order valence-electron chi connectivity index (χ4n) is 3.91. The third-order valence-electron chi connectivity index (χ3n) is 5.45. The van der Waals surface area contributed by atoms with Gasteiger partial charge in [0.2, 0.25) is 10.0 Å². The first kappa shape index (κ1) is 22.4. The van der Waals surface area contributed by atoms with Crippen LogP contribution in [0.3, 0.4) is 0 Å². The lowest BCUT2D eigenvalue weighted by atomic mass is 10.0. The number of ether oxygens (including phenoxy) is 1. The van der Waals surface area contributed by atoms with Crippen LogP contribution < -0.4 is 4.74 Å². The summed E-state index contributed by atoms with van der Waals surface area (Å²) in [5.41, 5.74) is 2.73. The van der Waals surface area contributed by atoms with Crippen molar-refractivity contribution in [2.24, 2.45) is 5.92 Å². The quantitative estimate of drug-likeness (QED) is 0.562. The Bertz CT molecular complexity index is 1190. The minimum Gasteiger partial charge on any atom is -0.490 e. The number of aromatic nitrogens is 3. The van der Waals surface area contributed by atoms with Crippen LogP contribution in [0.4, 0.5) is 4.39 Å². The van der Waals surface area contributed by atoms with E-state index >= 15 is 0 Å². The van der Waals surface area contributed by atoms with E-state index in [1.807, 2.05) is 45.0 Å². The number of benzene rings is 2. The Balaban J connectivity index is 1.64. The van der Waals surface area contributed by atoms with Crippen molar-refractivity contribution in [1.29, 1.82) is 0 Å². The van der Waals surface area contributed by atoms with Crippen LogP contribution >= 0.6 is 0 Å². The molecule has 0 fully saturated rings. The minimum atomic E-state index is -4.14. The number of hydrogen-bond acceptors (Lipinski definition) is 5. The standard InChI is InChI=1S/C23H27FN4O3S/c1-16(2)11-20-15-31-22-6-4-5-21(24)23(22)32(29,30)28(20)14-19-13-27(26-25-19)12-18-9-7-17(3)8-10-18/h4-10,13,16,20H,11-12,14-15H2,1-3H3/t20-/m0/s1. The number of aryl methyl sites for hydroxylation is 1. The van der Waals surface area contributed by atoms with E-state index in [2.05, 4.69) is 10.3 Å². The van der Waals surface area contributed by atoms with Crippen molar-refractivity contribution in [1.82, 2.24) is 19.3 Å². The molecule has 0 N–H and O–H groups in total. The normalized spacial score (nSPS) is 18.2. The maximum absolute atomic E-state index is 14.6. The average Bonchev–Trinajstić information content (AvgIpc) is 3.13. The maximum atomic E-state index is 14.6. The predicted octanol–water partition coefficient (Wildman–Crippen LogP) is 3.77. The third kappa shape index (κ3) is 4.68. The van der Waals surface area contributed by atoms with Crippen LogP contribution in [0.1, 0.15) is 37.1 Å². The molecule has 1 aliphatic heterocycles. The number of fused-ring (bicyclic) bond motifs is 1. The zero-order valence-corrected chi connectivity index (χ0v) is 19.2. The van der Waals surface area contributed by atoms with Gasteiger partial charge in [0.15, 0.2) is 4.90 Å². The van der Waals surface area contributed by atoms with Crippen LogP contribution in [0, 0.1) is 18.7 Å². The number of nitrogens with zero attached hydrogens (tertiary/aromatic N) is 4. The highest BCUT2D eigenvalue weighted by molar-refractivity contribution is 7.89. The first-order valence-electron chi connectivity index (χ1n) is 10.6. The largest absolute Gasteiger partial charge is 0.490 e. The van der Waals surface area contributed by atoms with Crippen molar-refractivity contribution in [2.75, 3.05) is 6.61 Å². The van der Waals surface area contributed by atoms with E-state index in [1.165, 1.54) is 22.0 Å². The van der Waals surface area contributed by atoms with Gasteiger partial charge >= 0.3 is 0 Å². The fourth-order valence-corrected chi connectivity index (χ4v) is 5.68. The Kier molecular flexibility index (Phi) is 6.30. The van der Waals surface area contributed by atoms with Gasteiger partial charge in [-0.25, -0.2) is 17.5 Å². The van der Waals surface area contributed by atoms with Crippen molar-refractivity contribution in [3.63, 3.8) is 0 Å². The average molecular weight is 459 g/mol. The lowest BCUT2D eigenvalue weighted by molar-refractivity contribution is 0.186. The van der Waals surface area contributed by atoms with E-state index in [0.717, 1.165) is 11.6 Å². The molecule has 0 spiro atoms. The van der Waals surface area contributed by atoms with Crippen LogP contribution in [-0.4, -0.2) is 40.4 Å². The highest BCUT2D eigenvalue weighted by Gasteiger charge is 2.39. The second kappa shape index (κ2) is 8.99. The molecule has 32 heavy (non-hydrogen) atoms. The summed E-state index contributed by atoms with van der Waals surface area (Å²) in [5, 5.41) is 8.34. The molecule has 0 saturated carbocycles. The molecular weight excluding hydrogens is 431 g/mol. The first-order chi connectivity index (χ1) is 15.2. The summed E-state index contributed by atoms with van der Waals surface area (Å²) < 4.78 is 50.4. The molecule has 0 aliphatic carbocycles. The molecular formula is C23H27FN4O3S. The first-order valence-corrected chi connectivity index (χ1v) is 12.1. The summed E-state index contributed by atoms with van der Waals surface area (Å²) >= 11 is 0. The molecule has 1 atom stereocenters. The van der Waals surface area contributed by atoms with Gasteiger partial charge in [0.1, 0.15) is 18.2 Å². The van der Waals surface area contributed by atoms with E-state index in [4.69, 9.17) is 4.74 Å². The highest BCUT2D eigenvalue weighted by Crippen LogP contribution is 2.35. The number of rotatable bonds is 6. The van der Waals surface area contributed by atoms with Crippen LogP contribution in [0.15, 0.2) is 53.6 Å². The van der Waals surface area contributed by atoms with Gasteiger partial charge in [-0.2, -0.15) is 4.31 Å². The van der Waals surface area contributed by atoms with E-state index < -0.39 is 26.8 Å². The van der Waals surface area contributed by atoms with Gasteiger partial charge in [0.25, 0.3) is 0 Å². The Labute approximate surface area is 187 Å². The summed E-state index contributed by atoms with van der Waals surface area (Å²) in [7, 11) is -4.14. The van der Waals surface area contributed by atoms with Crippen LogP contribution in [0.25, 0.3) is 0 Å². The molecule has 4 rings (SSSR count). The van der Waals surface area contributed by atoms with Gasteiger partial charge in [-0.15, -0.1) is 5.10 Å². The summed E-state index contributed by atoms with van der Waals surface area (Å²) in [5.74, 6) is -0.547. The van der Waals surface area contributed by atoms with Crippen molar-refractivity contribution < 1.29 is 17.5 Å². The van der Waals surface area contributed by atoms with Gasteiger partial charge in [0.05, 0.1) is 31.0 Å². The molecule has 0 radical (unpaired) electrons. The molecule has 3 aromatic rings. The molecule has 170 valence electrons. The number of halogens is 1. The Morgan fingerprint density at radius 1 is 1.16 bits per heavy atom. The van der Waals surface area contributed by atoms with Crippen molar-refractivity contribution in [2.45, 2.75) is 51.2 Å². The van der Waals surface area contributed by atoms with Gasteiger partial charge in [-0.05, 0) is 37.0 Å². The Morgan fingerprint density at radius 2 is 1.91 bits per heavy atom. The topological polar surface area (TPSA) is 77.3 Å². The Hall–Kier alpha value is -2.78. The van der Waals surface area contributed by atoms with Crippen molar-refractivity contribution >= 4 is 10.0 Å². The van der Waals surface area contributed by atoms with Crippen molar-refractivity contribution in [3.05, 3.63) is 71.3 Å². The summed E-state index contributed by atoms with van der Waals surface area (Å²) in [6.07, 6.45) is 2.31. The predicted molar refractivity (Wildman–Crippen MR) is 118 cm³/mol. The molecule has 7 nitrogen and oxygen atoms in total. The number of sulfonamides is 1. The van der Waals surface area contributed by atoms with E-state index in [-0.39, 0.29) is 24.8 Å². The fraction of sp³-hybridized carbons (Fsp3) is 0.391. The monoisotopic (exact) mass is 458 g/mol. The molecule has 0 bridgehead atoms. The lowest BCUT2D eigenvalue weighted by Crippen LogP contribution is -2.42.